The number of para-hydroxylation sites is 1. The highest BCUT2D eigenvalue weighted by molar-refractivity contribution is 5.54. The molecule has 2 aromatic rings. The first-order valence-electron chi connectivity index (χ1n) is 7.91. The molecule has 7 nitrogen and oxygen atoms in total. The fourth-order valence-corrected chi connectivity index (χ4v) is 2.88. The van der Waals surface area contributed by atoms with Gasteiger partial charge in [-0.1, -0.05) is 25.1 Å². The van der Waals surface area contributed by atoms with Crippen molar-refractivity contribution in [3.63, 3.8) is 0 Å². The Bertz CT molecular complexity index is 734. The van der Waals surface area contributed by atoms with Gasteiger partial charge >= 0.3 is 5.69 Å². The molecule has 7 heteroatoms. The van der Waals surface area contributed by atoms with Gasteiger partial charge in [0.1, 0.15) is 18.0 Å². The van der Waals surface area contributed by atoms with Gasteiger partial charge < -0.3 is 19.9 Å². The summed E-state index contributed by atoms with van der Waals surface area (Å²) in [6, 6.07) is 11.2. The molecule has 1 fully saturated rings. The zero-order valence-electron chi connectivity index (χ0n) is 13.6. The molecule has 2 N–H and O–H groups in total. The Morgan fingerprint density at radius 3 is 2.71 bits per heavy atom. The minimum atomic E-state index is -0.779. The van der Waals surface area contributed by atoms with E-state index < -0.39 is 24.1 Å². The van der Waals surface area contributed by atoms with Crippen molar-refractivity contribution in [1.29, 1.82) is 0 Å². The second-order valence-electron chi connectivity index (χ2n) is 5.66. The number of nitrogens with one attached hydrogen (secondary N) is 1. The molecular weight excluding hydrogens is 310 g/mol. The summed E-state index contributed by atoms with van der Waals surface area (Å²) in [5, 5.41) is 13.3. The van der Waals surface area contributed by atoms with E-state index in [1.807, 2.05) is 37.3 Å². The summed E-state index contributed by atoms with van der Waals surface area (Å²) in [6.45, 7) is 1.91. The number of hydrogen-bond donors (Lipinski definition) is 2. The Hall–Kier alpha value is -2.22. The zero-order chi connectivity index (χ0) is 17.1. The quantitative estimate of drug-likeness (QED) is 0.867. The van der Waals surface area contributed by atoms with E-state index in [-0.39, 0.29) is 6.10 Å². The van der Waals surface area contributed by atoms with E-state index in [9.17, 15) is 9.90 Å². The smallest absolute Gasteiger partial charge is 0.351 e. The summed E-state index contributed by atoms with van der Waals surface area (Å²) in [5.41, 5.74) is 0.377. The maximum atomic E-state index is 12.4. The Morgan fingerprint density at radius 2 is 2.08 bits per heavy atom. The van der Waals surface area contributed by atoms with E-state index in [2.05, 4.69) is 10.3 Å². The summed E-state index contributed by atoms with van der Waals surface area (Å²) < 4.78 is 12.5. The van der Waals surface area contributed by atoms with Gasteiger partial charge in [-0.05, 0) is 24.6 Å². The Balaban J connectivity index is 1.83. The molecular formula is C17H21N3O4. The Labute approximate surface area is 139 Å². The Morgan fingerprint density at radius 1 is 1.33 bits per heavy atom. The van der Waals surface area contributed by atoms with Crippen molar-refractivity contribution in [1.82, 2.24) is 9.55 Å². The molecule has 0 aliphatic carbocycles. The van der Waals surface area contributed by atoms with Gasteiger partial charge in [-0.3, -0.25) is 4.57 Å². The molecule has 1 aromatic heterocycles. The lowest BCUT2D eigenvalue weighted by Crippen LogP contribution is -2.36. The maximum Gasteiger partial charge on any atom is 0.351 e. The summed E-state index contributed by atoms with van der Waals surface area (Å²) in [5.74, 6) is 0.446. The van der Waals surface area contributed by atoms with Crippen LogP contribution in [0, 0.1) is 0 Å². The van der Waals surface area contributed by atoms with Crippen LogP contribution in [0.15, 0.2) is 47.4 Å². The molecule has 0 radical (unpaired) electrons. The van der Waals surface area contributed by atoms with Gasteiger partial charge in [0.2, 0.25) is 0 Å². The second-order valence-corrected chi connectivity index (χ2v) is 5.66. The fraction of sp³-hybridized carbons (Fsp3) is 0.412. The molecule has 1 aromatic carbocycles. The SMILES string of the molecule is CC[C@H]1O[C@@H](n2ccc(Nc3ccccc3)nc2=O)[C@@H](OC)C1O. The molecule has 4 atom stereocenters. The second kappa shape index (κ2) is 7.12. The number of nitrogens with zero attached hydrogens (tertiary/aromatic N) is 2. The predicted octanol–water partition coefficient (Wildman–Crippen LogP) is 1.67. The molecule has 0 saturated carbocycles. The van der Waals surface area contributed by atoms with Crippen molar-refractivity contribution in [3.05, 3.63) is 53.1 Å². The number of aliphatic hydroxyl groups is 1. The van der Waals surface area contributed by atoms with E-state index in [1.54, 1.807) is 12.3 Å². The highest BCUT2D eigenvalue weighted by Crippen LogP contribution is 2.31. The lowest BCUT2D eigenvalue weighted by atomic mass is 10.1. The van der Waals surface area contributed by atoms with Crippen LogP contribution in [0.4, 0.5) is 11.5 Å². The average molecular weight is 331 g/mol. The van der Waals surface area contributed by atoms with E-state index in [1.165, 1.54) is 11.7 Å². The number of methoxy groups -OCH3 is 1. The first-order valence-corrected chi connectivity index (χ1v) is 7.91. The van der Waals surface area contributed by atoms with Crippen LogP contribution in [0.2, 0.25) is 0 Å². The first kappa shape index (κ1) is 16.6. The largest absolute Gasteiger partial charge is 0.388 e. The minimum absolute atomic E-state index is 0.367. The number of aromatic nitrogens is 2. The predicted molar refractivity (Wildman–Crippen MR) is 89.2 cm³/mol. The van der Waals surface area contributed by atoms with Crippen LogP contribution in [-0.4, -0.2) is 40.1 Å². The highest BCUT2D eigenvalue weighted by atomic mass is 16.6. The number of benzene rings is 1. The molecule has 2 heterocycles. The topological polar surface area (TPSA) is 85.6 Å². The summed E-state index contributed by atoms with van der Waals surface area (Å²) in [7, 11) is 1.49. The molecule has 1 aliphatic heterocycles. The average Bonchev–Trinajstić information content (AvgIpc) is 2.91. The van der Waals surface area contributed by atoms with Gasteiger partial charge in [-0.2, -0.15) is 4.98 Å². The van der Waals surface area contributed by atoms with Crippen molar-refractivity contribution < 1.29 is 14.6 Å². The minimum Gasteiger partial charge on any atom is -0.388 e. The third kappa shape index (κ3) is 3.19. The summed E-state index contributed by atoms with van der Waals surface area (Å²) >= 11 is 0. The number of hydrogen-bond acceptors (Lipinski definition) is 6. The van der Waals surface area contributed by atoms with Gasteiger partial charge in [0.15, 0.2) is 6.23 Å². The monoisotopic (exact) mass is 331 g/mol. The van der Waals surface area contributed by atoms with Crippen LogP contribution in [0.3, 0.4) is 0 Å². The van der Waals surface area contributed by atoms with Crippen LogP contribution >= 0.6 is 0 Å². The van der Waals surface area contributed by atoms with Gasteiger partial charge in [0.25, 0.3) is 0 Å². The first-order chi connectivity index (χ1) is 11.6. The lowest BCUT2D eigenvalue weighted by Gasteiger charge is -2.20. The fourth-order valence-electron chi connectivity index (χ4n) is 2.88. The van der Waals surface area contributed by atoms with Crippen molar-refractivity contribution in [2.45, 2.75) is 37.9 Å². The standard InChI is InChI=1S/C17H21N3O4/c1-3-12-14(21)15(23-2)16(24-12)20-10-9-13(19-17(20)22)18-11-7-5-4-6-8-11/h4-10,12,14-16,21H,3H2,1-2H3,(H,18,19,22)/t12-,14?,15+,16-/m1/s1. The van der Waals surface area contributed by atoms with Crippen molar-refractivity contribution in [2.24, 2.45) is 0 Å². The lowest BCUT2D eigenvalue weighted by molar-refractivity contribution is -0.0541. The van der Waals surface area contributed by atoms with Gasteiger partial charge in [0, 0.05) is 19.0 Å². The molecule has 0 amide bonds. The van der Waals surface area contributed by atoms with E-state index >= 15 is 0 Å². The summed E-state index contributed by atoms with van der Waals surface area (Å²) in [6.07, 6.45) is -0.217. The van der Waals surface area contributed by atoms with Gasteiger partial charge in [0.05, 0.1) is 6.10 Å². The molecule has 1 unspecified atom stereocenters. The number of anilines is 2. The molecule has 0 spiro atoms. The van der Waals surface area contributed by atoms with E-state index in [0.29, 0.717) is 12.2 Å². The van der Waals surface area contributed by atoms with Crippen LogP contribution in [0.25, 0.3) is 0 Å². The van der Waals surface area contributed by atoms with Crippen LogP contribution < -0.4 is 11.0 Å². The van der Waals surface area contributed by atoms with Crippen LogP contribution in [0.1, 0.15) is 19.6 Å². The third-order valence-corrected chi connectivity index (χ3v) is 4.14. The highest BCUT2D eigenvalue weighted by Gasteiger charge is 2.44. The van der Waals surface area contributed by atoms with Gasteiger partial charge in [-0.25, -0.2) is 4.79 Å². The maximum absolute atomic E-state index is 12.4. The Kier molecular flexibility index (Phi) is 4.94. The molecule has 3 rings (SSSR count). The summed E-state index contributed by atoms with van der Waals surface area (Å²) in [4.78, 5) is 16.4. The number of rotatable bonds is 5. The van der Waals surface area contributed by atoms with Crippen LogP contribution in [0.5, 0.6) is 0 Å². The van der Waals surface area contributed by atoms with Crippen molar-refractivity contribution in [3.8, 4) is 0 Å². The number of aliphatic hydroxyl groups excluding tert-OH is 1. The van der Waals surface area contributed by atoms with Crippen molar-refractivity contribution in [2.75, 3.05) is 12.4 Å². The van der Waals surface area contributed by atoms with Gasteiger partial charge in [-0.15, -0.1) is 0 Å². The third-order valence-electron chi connectivity index (χ3n) is 4.14. The number of ether oxygens (including phenoxy) is 2. The molecule has 1 aliphatic rings. The zero-order valence-corrected chi connectivity index (χ0v) is 13.6. The van der Waals surface area contributed by atoms with Crippen LogP contribution in [-0.2, 0) is 9.47 Å². The molecule has 128 valence electrons. The molecule has 0 bridgehead atoms. The molecule has 1 saturated heterocycles. The van der Waals surface area contributed by atoms with E-state index in [4.69, 9.17) is 9.47 Å². The van der Waals surface area contributed by atoms with Crippen molar-refractivity contribution >= 4 is 11.5 Å². The van der Waals surface area contributed by atoms with E-state index in [0.717, 1.165) is 5.69 Å². The molecule has 24 heavy (non-hydrogen) atoms. The normalized spacial score (nSPS) is 26.5.